The quantitative estimate of drug-likeness (QED) is 0.853. The second-order valence-corrected chi connectivity index (χ2v) is 6.79. The summed E-state index contributed by atoms with van der Waals surface area (Å²) in [7, 11) is -1.42. The molecule has 0 aliphatic rings. The summed E-state index contributed by atoms with van der Waals surface area (Å²) in [6, 6.07) is 5.05. The Morgan fingerprint density at radius 2 is 2.21 bits per heavy atom. The van der Waals surface area contributed by atoms with Crippen molar-refractivity contribution >= 4 is 20.9 Å². The Morgan fingerprint density at radius 1 is 1.47 bits per heavy atom. The highest BCUT2D eigenvalue weighted by atomic mass is 32.2. The van der Waals surface area contributed by atoms with Crippen LogP contribution in [-0.4, -0.2) is 37.5 Å². The van der Waals surface area contributed by atoms with Gasteiger partial charge in [-0.2, -0.15) is 0 Å². The zero-order valence-corrected chi connectivity index (χ0v) is 11.7. The molecule has 0 amide bonds. The highest BCUT2D eigenvalue weighted by molar-refractivity contribution is 7.90. The molecule has 0 fully saturated rings. The largest absolute Gasteiger partial charge is 0.497 e. The summed E-state index contributed by atoms with van der Waals surface area (Å²) < 4.78 is 27.4. The number of nitrogens with zero attached hydrogens (tertiary/aromatic N) is 1. The Labute approximate surface area is 111 Å². The molecule has 2 rings (SSSR count). The van der Waals surface area contributed by atoms with Gasteiger partial charge in [-0.1, -0.05) is 0 Å². The Kier molecular flexibility index (Phi) is 3.77. The molecule has 1 aromatic carbocycles. The number of benzene rings is 1. The van der Waals surface area contributed by atoms with Crippen LogP contribution in [0.25, 0.3) is 11.0 Å². The van der Waals surface area contributed by atoms with Crippen molar-refractivity contribution in [3.8, 4) is 5.75 Å². The molecule has 7 heteroatoms. The number of aromatic amines is 1. The van der Waals surface area contributed by atoms with E-state index >= 15 is 0 Å². The van der Waals surface area contributed by atoms with Crippen molar-refractivity contribution < 1.29 is 13.2 Å². The van der Waals surface area contributed by atoms with Gasteiger partial charge < -0.3 is 15.5 Å². The van der Waals surface area contributed by atoms with E-state index in [4.69, 9.17) is 10.5 Å². The van der Waals surface area contributed by atoms with Gasteiger partial charge in [-0.15, -0.1) is 0 Å². The molecule has 0 bridgehead atoms. The number of imidazole rings is 1. The molecular weight excluding hydrogens is 266 g/mol. The van der Waals surface area contributed by atoms with Crippen molar-refractivity contribution in [3.63, 3.8) is 0 Å². The number of ether oxygens (including phenoxy) is 1. The van der Waals surface area contributed by atoms with E-state index in [0.717, 1.165) is 16.8 Å². The van der Waals surface area contributed by atoms with Crippen LogP contribution in [-0.2, 0) is 9.84 Å². The van der Waals surface area contributed by atoms with Gasteiger partial charge in [-0.25, -0.2) is 13.4 Å². The molecule has 1 aromatic heterocycles. The maximum atomic E-state index is 11.1. The second-order valence-electron chi connectivity index (χ2n) is 4.53. The molecule has 0 saturated heterocycles. The molecule has 0 spiro atoms. The van der Waals surface area contributed by atoms with Crippen LogP contribution < -0.4 is 10.5 Å². The van der Waals surface area contributed by atoms with Crippen molar-refractivity contribution in [2.45, 2.75) is 12.5 Å². The summed E-state index contributed by atoms with van der Waals surface area (Å²) in [6.07, 6.45) is 1.54. The number of hydrogen-bond acceptors (Lipinski definition) is 5. The summed E-state index contributed by atoms with van der Waals surface area (Å²) in [5, 5.41) is 0. The molecule has 1 unspecified atom stereocenters. The van der Waals surface area contributed by atoms with Crippen LogP contribution >= 0.6 is 0 Å². The van der Waals surface area contributed by atoms with E-state index in [-0.39, 0.29) is 5.75 Å². The molecule has 0 saturated carbocycles. The first-order valence-corrected chi connectivity index (χ1v) is 7.92. The first-order valence-electron chi connectivity index (χ1n) is 5.86. The van der Waals surface area contributed by atoms with Gasteiger partial charge in [-0.3, -0.25) is 0 Å². The number of hydrogen-bond donors (Lipinski definition) is 2. The number of fused-ring (bicyclic) bond motifs is 1. The molecule has 104 valence electrons. The van der Waals surface area contributed by atoms with Gasteiger partial charge in [0.1, 0.15) is 21.4 Å². The number of H-pyrrole nitrogens is 1. The maximum absolute atomic E-state index is 11.1. The Hall–Kier alpha value is -1.60. The topological polar surface area (TPSA) is 98.1 Å². The molecule has 3 N–H and O–H groups in total. The highest BCUT2D eigenvalue weighted by Gasteiger charge is 2.14. The molecular formula is C12H17N3O3S. The number of nitrogens with one attached hydrogen (secondary N) is 1. The summed E-state index contributed by atoms with van der Waals surface area (Å²) in [6.45, 7) is 0. The minimum absolute atomic E-state index is 0.0501. The normalized spacial score (nSPS) is 13.6. The fourth-order valence-electron chi connectivity index (χ4n) is 1.79. The van der Waals surface area contributed by atoms with Crippen molar-refractivity contribution in [1.82, 2.24) is 9.97 Å². The van der Waals surface area contributed by atoms with Crippen LogP contribution in [0.4, 0.5) is 0 Å². The summed E-state index contributed by atoms with van der Waals surface area (Å²) in [5.41, 5.74) is 7.55. The van der Waals surface area contributed by atoms with E-state index in [1.807, 2.05) is 18.2 Å². The second kappa shape index (κ2) is 5.18. The van der Waals surface area contributed by atoms with E-state index in [0.29, 0.717) is 12.2 Å². The van der Waals surface area contributed by atoms with E-state index in [1.54, 1.807) is 7.11 Å². The third-order valence-electron chi connectivity index (χ3n) is 2.86. The van der Waals surface area contributed by atoms with E-state index in [9.17, 15) is 8.42 Å². The van der Waals surface area contributed by atoms with Crippen LogP contribution in [0.2, 0.25) is 0 Å². The Balaban J connectivity index is 2.20. The lowest BCUT2D eigenvalue weighted by molar-refractivity contribution is 0.415. The fourth-order valence-corrected chi connectivity index (χ4v) is 2.47. The van der Waals surface area contributed by atoms with Gasteiger partial charge in [-0.05, 0) is 18.6 Å². The minimum Gasteiger partial charge on any atom is -0.497 e. The number of sulfone groups is 1. The van der Waals surface area contributed by atoms with Gasteiger partial charge in [0.2, 0.25) is 0 Å². The molecule has 0 radical (unpaired) electrons. The smallest absolute Gasteiger partial charge is 0.147 e. The molecule has 2 aromatic rings. The maximum Gasteiger partial charge on any atom is 0.147 e. The average Bonchev–Trinajstić information content (AvgIpc) is 2.77. The van der Waals surface area contributed by atoms with Crippen molar-refractivity contribution in [2.24, 2.45) is 5.73 Å². The predicted molar refractivity (Wildman–Crippen MR) is 73.9 cm³/mol. The van der Waals surface area contributed by atoms with Crippen LogP contribution in [0.15, 0.2) is 18.2 Å². The third-order valence-corrected chi connectivity index (χ3v) is 3.84. The molecule has 6 nitrogen and oxygen atoms in total. The van der Waals surface area contributed by atoms with Crippen LogP contribution in [0.1, 0.15) is 18.3 Å². The minimum atomic E-state index is -3.01. The number of rotatable bonds is 5. The number of nitrogens with two attached hydrogens (primary N) is 1. The number of methoxy groups -OCH3 is 1. The molecule has 0 aliphatic heterocycles. The van der Waals surface area contributed by atoms with Crippen molar-refractivity contribution in [1.29, 1.82) is 0 Å². The standard InChI is InChI=1S/C12H17N3O3S/c1-18-8-3-4-10-11(7-8)15-12(14-10)9(13)5-6-19(2,16)17/h3-4,7,9H,5-6,13H2,1-2H3,(H,14,15). The van der Waals surface area contributed by atoms with Crippen LogP contribution in [0, 0.1) is 0 Å². The lowest BCUT2D eigenvalue weighted by Gasteiger charge is -2.06. The molecule has 1 heterocycles. The van der Waals surface area contributed by atoms with Gasteiger partial charge in [0.05, 0.1) is 29.9 Å². The molecule has 19 heavy (non-hydrogen) atoms. The predicted octanol–water partition coefficient (Wildman–Crippen LogP) is 1.01. The Bertz CT molecular complexity index is 679. The van der Waals surface area contributed by atoms with Crippen LogP contribution in [0.5, 0.6) is 5.75 Å². The zero-order chi connectivity index (χ0) is 14.0. The van der Waals surface area contributed by atoms with E-state index in [1.165, 1.54) is 6.26 Å². The molecule has 1 atom stereocenters. The lowest BCUT2D eigenvalue weighted by Crippen LogP contribution is -2.16. The lowest BCUT2D eigenvalue weighted by atomic mass is 10.2. The SMILES string of the molecule is COc1ccc2nc(C(N)CCS(C)(=O)=O)[nH]c2c1. The first kappa shape index (κ1) is 13.8. The first-order chi connectivity index (χ1) is 8.89. The third kappa shape index (κ3) is 3.45. The average molecular weight is 283 g/mol. The number of aromatic nitrogens is 2. The summed E-state index contributed by atoms with van der Waals surface area (Å²) in [5.74, 6) is 1.37. The van der Waals surface area contributed by atoms with E-state index in [2.05, 4.69) is 9.97 Å². The van der Waals surface area contributed by atoms with Gasteiger partial charge in [0, 0.05) is 12.3 Å². The van der Waals surface area contributed by atoms with Gasteiger partial charge in [0.15, 0.2) is 0 Å². The zero-order valence-electron chi connectivity index (χ0n) is 10.9. The fraction of sp³-hybridized carbons (Fsp3) is 0.417. The van der Waals surface area contributed by atoms with Gasteiger partial charge >= 0.3 is 0 Å². The molecule has 0 aliphatic carbocycles. The van der Waals surface area contributed by atoms with Crippen molar-refractivity contribution in [3.05, 3.63) is 24.0 Å². The highest BCUT2D eigenvalue weighted by Crippen LogP contribution is 2.21. The Morgan fingerprint density at radius 3 is 2.84 bits per heavy atom. The monoisotopic (exact) mass is 283 g/mol. The van der Waals surface area contributed by atoms with E-state index < -0.39 is 15.9 Å². The van der Waals surface area contributed by atoms with Crippen molar-refractivity contribution in [2.75, 3.05) is 19.1 Å². The van der Waals surface area contributed by atoms with Crippen LogP contribution in [0.3, 0.4) is 0 Å². The summed E-state index contributed by atoms with van der Waals surface area (Å²) in [4.78, 5) is 7.45. The van der Waals surface area contributed by atoms with Gasteiger partial charge in [0.25, 0.3) is 0 Å². The summed E-state index contributed by atoms with van der Waals surface area (Å²) >= 11 is 0.